The predicted molar refractivity (Wildman–Crippen MR) is 94.6 cm³/mol. The number of hydrogen-bond donors (Lipinski definition) is 2. The van der Waals surface area contributed by atoms with E-state index in [4.69, 9.17) is 11.2 Å². The van der Waals surface area contributed by atoms with Crippen molar-refractivity contribution in [2.75, 3.05) is 6.61 Å². The molecule has 0 spiro atoms. The summed E-state index contributed by atoms with van der Waals surface area (Å²) in [5.41, 5.74) is 0.971. The van der Waals surface area contributed by atoms with E-state index in [9.17, 15) is 9.59 Å². The molecule has 0 unspecified atom stereocenters. The quantitative estimate of drug-likeness (QED) is 0.600. The Bertz CT molecular complexity index is 771. The van der Waals surface area contributed by atoms with Crippen LogP contribution in [0.3, 0.4) is 0 Å². The van der Waals surface area contributed by atoms with Gasteiger partial charge >= 0.3 is 5.97 Å². The number of amides is 1. The van der Waals surface area contributed by atoms with E-state index in [1.54, 1.807) is 6.07 Å². The highest BCUT2D eigenvalue weighted by atomic mass is 16.5. The van der Waals surface area contributed by atoms with Gasteiger partial charge < -0.3 is 10.1 Å². The van der Waals surface area contributed by atoms with Gasteiger partial charge in [-0.3, -0.25) is 9.89 Å². The van der Waals surface area contributed by atoms with Crippen molar-refractivity contribution in [3.8, 4) is 23.6 Å². The summed E-state index contributed by atoms with van der Waals surface area (Å²) in [6.07, 6.45) is 6.69. The van der Waals surface area contributed by atoms with Crippen LogP contribution in [0.15, 0.2) is 36.4 Å². The van der Waals surface area contributed by atoms with Gasteiger partial charge in [-0.1, -0.05) is 50.1 Å². The van der Waals surface area contributed by atoms with Gasteiger partial charge in [-0.25, -0.2) is 4.79 Å². The normalized spacial score (nSPS) is 10.8. The Balaban J connectivity index is 1.94. The Morgan fingerprint density at radius 3 is 2.56 bits per heavy atom. The molecule has 0 saturated heterocycles. The first-order valence-electron chi connectivity index (χ1n) is 8.10. The Labute approximate surface area is 147 Å². The number of aromatic amines is 1. The number of carbonyl (C=O) groups is 2. The minimum absolute atomic E-state index is 0.181. The monoisotopic (exact) mass is 339 g/mol. The van der Waals surface area contributed by atoms with E-state index in [2.05, 4.69) is 21.4 Å². The van der Waals surface area contributed by atoms with Crippen LogP contribution in [-0.4, -0.2) is 34.2 Å². The third-order valence-corrected chi connectivity index (χ3v) is 4.06. The van der Waals surface area contributed by atoms with E-state index >= 15 is 0 Å². The molecule has 0 bridgehead atoms. The zero-order valence-electron chi connectivity index (χ0n) is 14.3. The molecule has 1 aromatic carbocycles. The van der Waals surface area contributed by atoms with E-state index in [1.165, 1.54) is 0 Å². The topological polar surface area (TPSA) is 84.1 Å². The van der Waals surface area contributed by atoms with Gasteiger partial charge in [0.15, 0.2) is 6.61 Å². The molecule has 6 heteroatoms. The fourth-order valence-corrected chi connectivity index (χ4v) is 2.36. The maximum Gasteiger partial charge on any atom is 0.356 e. The molecule has 0 aliphatic rings. The summed E-state index contributed by atoms with van der Waals surface area (Å²) in [4.78, 5) is 24.0. The SMILES string of the molecule is C#CC(CC)(CC)NC(=O)COC(=O)c1cc(-c2ccccc2)n[nH]1. The van der Waals surface area contributed by atoms with Gasteiger partial charge in [-0.2, -0.15) is 5.10 Å². The third kappa shape index (κ3) is 4.48. The smallest absolute Gasteiger partial charge is 0.356 e. The average Bonchev–Trinajstić information content (AvgIpc) is 3.15. The van der Waals surface area contributed by atoms with E-state index < -0.39 is 24.0 Å². The molecule has 2 rings (SSSR count). The lowest BCUT2D eigenvalue weighted by molar-refractivity contribution is -0.125. The number of nitrogens with zero attached hydrogens (tertiary/aromatic N) is 1. The number of benzene rings is 1. The number of H-pyrrole nitrogens is 1. The van der Waals surface area contributed by atoms with Crippen molar-refractivity contribution in [1.29, 1.82) is 0 Å². The maximum absolute atomic E-state index is 12.1. The highest BCUT2D eigenvalue weighted by Crippen LogP contribution is 2.17. The Morgan fingerprint density at radius 2 is 1.96 bits per heavy atom. The molecule has 0 aliphatic carbocycles. The molecular weight excluding hydrogens is 318 g/mol. The van der Waals surface area contributed by atoms with Gasteiger partial charge in [-0.15, -0.1) is 6.42 Å². The number of nitrogens with one attached hydrogen (secondary N) is 2. The van der Waals surface area contributed by atoms with Crippen LogP contribution in [-0.2, 0) is 9.53 Å². The summed E-state index contributed by atoms with van der Waals surface area (Å²) in [7, 11) is 0. The van der Waals surface area contributed by atoms with Crippen LogP contribution in [0.5, 0.6) is 0 Å². The first kappa shape index (κ1) is 18.3. The fourth-order valence-electron chi connectivity index (χ4n) is 2.36. The van der Waals surface area contributed by atoms with Gasteiger partial charge in [-0.05, 0) is 18.9 Å². The van der Waals surface area contributed by atoms with Crippen molar-refractivity contribution in [2.45, 2.75) is 32.2 Å². The van der Waals surface area contributed by atoms with Gasteiger partial charge in [0.05, 0.1) is 5.69 Å². The zero-order chi connectivity index (χ0) is 18.3. The molecule has 1 heterocycles. The third-order valence-electron chi connectivity index (χ3n) is 4.06. The Morgan fingerprint density at radius 1 is 1.28 bits per heavy atom. The summed E-state index contributed by atoms with van der Waals surface area (Å²) < 4.78 is 5.03. The largest absolute Gasteiger partial charge is 0.451 e. The van der Waals surface area contributed by atoms with Gasteiger partial charge in [0.2, 0.25) is 0 Å². The van der Waals surface area contributed by atoms with E-state index in [0.717, 1.165) is 5.56 Å². The number of carbonyl (C=O) groups excluding carboxylic acids is 2. The molecule has 6 nitrogen and oxygen atoms in total. The Hall–Kier alpha value is -3.07. The number of esters is 1. The van der Waals surface area contributed by atoms with Crippen molar-refractivity contribution in [1.82, 2.24) is 15.5 Å². The lowest BCUT2D eigenvalue weighted by Crippen LogP contribution is -2.48. The number of aromatic nitrogens is 2. The average molecular weight is 339 g/mol. The summed E-state index contributed by atoms with van der Waals surface area (Å²) in [6.45, 7) is 3.39. The molecule has 130 valence electrons. The number of terminal acetylenes is 1. The highest BCUT2D eigenvalue weighted by Gasteiger charge is 2.26. The molecule has 2 N–H and O–H groups in total. The lowest BCUT2D eigenvalue weighted by atomic mass is 9.94. The second-order valence-electron chi connectivity index (χ2n) is 5.59. The zero-order valence-corrected chi connectivity index (χ0v) is 14.3. The van der Waals surface area contributed by atoms with Crippen molar-refractivity contribution in [3.63, 3.8) is 0 Å². The lowest BCUT2D eigenvalue weighted by Gasteiger charge is -2.26. The summed E-state index contributed by atoms with van der Waals surface area (Å²) in [6, 6.07) is 11.0. The van der Waals surface area contributed by atoms with Crippen LogP contribution < -0.4 is 5.32 Å². The molecule has 0 radical (unpaired) electrons. The van der Waals surface area contributed by atoms with Crippen LogP contribution in [0, 0.1) is 12.3 Å². The number of ether oxygens (including phenoxy) is 1. The second kappa shape index (κ2) is 8.15. The summed E-state index contributed by atoms with van der Waals surface area (Å²) in [5, 5.41) is 9.44. The number of hydrogen-bond acceptors (Lipinski definition) is 4. The molecule has 0 aliphatic heterocycles. The van der Waals surface area contributed by atoms with Crippen LogP contribution in [0.2, 0.25) is 0 Å². The molecule has 25 heavy (non-hydrogen) atoms. The predicted octanol–water partition coefficient (Wildman–Crippen LogP) is 2.54. The van der Waals surface area contributed by atoms with E-state index in [1.807, 2.05) is 44.2 Å². The molecular formula is C19H21N3O3. The number of rotatable bonds is 7. The Kier molecular flexibility index (Phi) is 5.96. The van der Waals surface area contributed by atoms with Crippen molar-refractivity contribution in [2.24, 2.45) is 0 Å². The van der Waals surface area contributed by atoms with Gasteiger partial charge in [0.25, 0.3) is 5.91 Å². The fraction of sp³-hybridized carbons (Fsp3) is 0.316. The minimum atomic E-state index is -0.710. The molecule has 0 atom stereocenters. The van der Waals surface area contributed by atoms with Crippen LogP contribution in [0.25, 0.3) is 11.3 Å². The van der Waals surface area contributed by atoms with Gasteiger partial charge in [0.1, 0.15) is 11.2 Å². The highest BCUT2D eigenvalue weighted by molar-refractivity contribution is 5.90. The molecule has 0 saturated carbocycles. The second-order valence-corrected chi connectivity index (χ2v) is 5.59. The summed E-state index contributed by atoms with van der Waals surface area (Å²) in [5.74, 6) is 1.52. The van der Waals surface area contributed by atoms with Crippen LogP contribution in [0.1, 0.15) is 37.2 Å². The van der Waals surface area contributed by atoms with E-state index in [-0.39, 0.29) is 5.69 Å². The first-order chi connectivity index (χ1) is 12.0. The standard InChI is InChI=1S/C19H21N3O3/c1-4-19(5-2,6-3)20-17(23)13-25-18(24)16-12-15(21-22-16)14-10-8-7-9-11-14/h1,7-12H,5-6,13H2,2-3H3,(H,20,23)(H,21,22). The summed E-state index contributed by atoms with van der Waals surface area (Å²) >= 11 is 0. The van der Waals surface area contributed by atoms with Crippen molar-refractivity contribution < 1.29 is 14.3 Å². The molecule has 1 aromatic heterocycles. The van der Waals surface area contributed by atoms with E-state index in [0.29, 0.717) is 18.5 Å². The molecule has 2 aromatic rings. The minimum Gasteiger partial charge on any atom is -0.451 e. The van der Waals surface area contributed by atoms with Crippen molar-refractivity contribution >= 4 is 11.9 Å². The molecule has 1 amide bonds. The van der Waals surface area contributed by atoms with Crippen LogP contribution >= 0.6 is 0 Å². The van der Waals surface area contributed by atoms with Crippen molar-refractivity contribution in [3.05, 3.63) is 42.1 Å². The first-order valence-corrected chi connectivity index (χ1v) is 8.10. The van der Waals surface area contributed by atoms with Gasteiger partial charge in [0, 0.05) is 5.56 Å². The maximum atomic E-state index is 12.1. The molecule has 0 fully saturated rings. The van der Waals surface area contributed by atoms with Crippen LogP contribution in [0.4, 0.5) is 0 Å².